The van der Waals surface area contributed by atoms with E-state index in [2.05, 4.69) is 0 Å². The van der Waals surface area contributed by atoms with E-state index in [1.54, 1.807) is 37.3 Å². The number of esters is 1. The molecule has 0 saturated heterocycles. The maximum absolute atomic E-state index is 13.2. The van der Waals surface area contributed by atoms with Crippen molar-refractivity contribution in [2.24, 2.45) is 0 Å². The van der Waals surface area contributed by atoms with E-state index in [-0.39, 0.29) is 18.6 Å². The summed E-state index contributed by atoms with van der Waals surface area (Å²) in [6, 6.07) is 22.3. The van der Waals surface area contributed by atoms with Crippen molar-refractivity contribution in [3.63, 3.8) is 0 Å². The normalized spacial score (nSPS) is 14.4. The third-order valence-corrected chi connectivity index (χ3v) is 6.42. The highest BCUT2D eigenvalue weighted by molar-refractivity contribution is 6.06. The van der Waals surface area contributed by atoms with Crippen LogP contribution in [0.5, 0.6) is 11.5 Å². The van der Waals surface area contributed by atoms with Crippen LogP contribution in [-0.4, -0.2) is 43.7 Å². The van der Waals surface area contributed by atoms with Crippen molar-refractivity contribution in [2.75, 3.05) is 25.7 Å². The SMILES string of the molecule is COc1ccc(-c2cc(C(=O)OCC(=O)N3c4ccccc4CC3C)c3ccccc3n2)cc1OC. The number of rotatable bonds is 6. The van der Waals surface area contributed by atoms with Gasteiger partial charge < -0.3 is 19.1 Å². The van der Waals surface area contributed by atoms with E-state index in [0.717, 1.165) is 23.2 Å². The van der Waals surface area contributed by atoms with Crippen LogP contribution in [-0.2, 0) is 16.0 Å². The molecule has 0 saturated carbocycles. The molecule has 7 heteroatoms. The van der Waals surface area contributed by atoms with E-state index in [0.29, 0.717) is 33.7 Å². The molecule has 0 spiro atoms. The fourth-order valence-corrected chi connectivity index (χ4v) is 4.71. The van der Waals surface area contributed by atoms with Crippen molar-refractivity contribution in [3.8, 4) is 22.8 Å². The maximum atomic E-state index is 13.2. The zero-order valence-electron chi connectivity index (χ0n) is 20.4. The Morgan fingerprint density at radius 3 is 2.50 bits per heavy atom. The molecule has 2 heterocycles. The monoisotopic (exact) mass is 482 g/mol. The molecule has 1 atom stereocenters. The summed E-state index contributed by atoms with van der Waals surface area (Å²) in [7, 11) is 3.14. The quantitative estimate of drug-likeness (QED) is 0.358. The number of methoxy groups -OCH3 is 2. The molecule has 1 aliphatic rings. The number of nitrogens with zero attached hydrogens (tertiary/aromatic N) is 2. The van der Waals surface area contributed by atoms with Gasteiger partial charge in [0.2, 0.25) is 0 Å². The zero-order valence-corrected chi connectivity index (χ0v) is 20.4. The van der Waals surface area contributed by atoms with Gasteiger partial charge in [-0.3, -0.25) is 4.79 Å². The second kappa shape index (κ2) is 9.70. The molecule has 0 fully saturated rings. The second-order valence-electron chi connectivity index (χ2n) is 8.66. The van der Waals surface area contributed by atoms with Crippen molar-refractivity contribution in [2.45, 2.75) is 19.4 Å². The molecular weight excluding hydrogens is 456 g/mol. The molecule has 0 bridgehead atoms. The van der Waals surface area contributed by atoms with Gasteiger partial charge in [0.1, 0.15) is 0 Å². The Morgan fingerprint density at radius 2 is 1.69 bits per heavy atom. The summed E-state index contributed by atoms with van der Waals surface area (Å²) in [5, 5.41) is 0.652. The summed E-state index contributed by atoms with van der Waals surface area (Å²) in [5.74, 6) is 0.320. The van der Waals surface area contributed by atoms with Gasteiger partial charge in [0.15, 0.2) is 18.1 Å². The number of pyridine rings is 1. The molecule has 5 rings (SSSR count). The van der Waals surface area contributed by atoms with Crippen LogP contribution >= 0.6 is 0 Å². The van der Waals surface area contributed by atoms with E-state index >= 15 is 0 Å². The number of carbonyl (C=O) groups excluding carboxylic acids is 2. The number of hydrogen-bond acceptors (Lipinski definition) is 6. The van der Waals surface area contributed by atoms with Crippen LogP contribution in [0.3, 0.4) is 0 Å². The first kappa shape index (κ1) is 23.4. The van der Waals surface area contributed by atoms with Gasteiger partial charge in [-0.15, -0.1) is 0 Å². The molecule has 1 aliphatic heterocycles. The number of carbonyl (C=O) groups is 2. The van der Waals surface area contributed by atoms with Crippen molar-refractivity contribution >= 4 is 28.5 Å². The lowest BCUT2D eigenvalue weighted by Gasteiger charge is -2.22. The van der Waals surface area contributed by atoms with Gasteiger partial charge in [-0.05, 0) is 55.3 Å². The first-order chi connectivity index (χ1) is 17.5. The Labute approximate surface area is 209 Å². The molecule has 4 aromatic rings. The van der Waals surface area contributed by atoms with E-state index in [1.165, 1.54) is 0 Å². The lowest BCUT2D eigenvalue weighted by atomic mass is 10.0. The molecule has 36 heavy (non-hydrogen) atoms. The molecule has 0 N–H and O–H groups in total. The standard InChI is InChI=1S/C29H26N2O5/c1-18-14-20-8-4-7-11-25(20)31(18)28(32)17-36-29(33)22-16-24(30-23-10-6-5-9-21(22)23)19-12-13-26(34-2)27(15-19)35-3/h4-13,15-16,18H,14,17H2,1-3H3. The smallest absolute Gasteiger partial charge is 0.339 e. The van der Waals surface area contributed by atoms with Crippen molar-refractivity contribution in [1.29, 1.82) is 0 Å². The predicted octanol–water partition coefficient (Wildman–Crippen LogP) is 5.05. The fourth-order valence-electron chi connectivity index (χ4n) is 4.71. The summed E-state index contributed by atoms with van der Waals surface area (Å²) in [4.78, 5) is 32.7. The summed E-state index contributed by atoms with van der Waals surface area (Å²) in [6.07, 6.45) is 0.777. The van der Waals surface area contributed by atoms with Gasteiger partial charge in [0.05, 0.1) is 31.0 Å². The fraction of sp³-hybridized carbons (Fsp3) is 0.207. The molecular formula is C29H26N2O5. The summed E-state index contributed by atoms with van der Waals surface area (Å²) in [5.41, 5.74) is 4.31. The predicted molar refractivity (Wildman–Crippen MR) is 138 cm³/mol. The van der Waals surface area contributed by atoms with E-state index in [4.69, 9.17) is 19.2 Å². The van der Waals surface area contributed by atoms with Crippen LogP contribution in [0.25, 0.3) is 22.2 Å². The average Bonchev–Trinajstić information content (AvgIpc) is 3.26. The number of benzene rings is 3. The number of para-hydroxylation sites is 2. The lowest BCUT2D eigenvalue weighted by molar-refractivity contribution is -0.122. The van der Waals surface area contributed by atoms with Gasteiger partial charge in [0, 0.05) is 22.7 Å². The van der Waals surface area contributed by atoms with Gasteiger partial charge in [0.25, 0.3) is 5.91 Å². The molecule has 7 nitrogen and oxygen atoms in total. The minimum absolute atomic E-state index is 0.00649. The number of amides is 1. The van der Waals surface area contributed by atoms with Crippen molar-refractivity contribution in [3.05, 3.63) is 83.9 Å². The number of fused-ring (bicyclic) bond motifs is 2. The highest BCUT2D eigenvalue weighted by atomic mass is 16.5. The topological polar surface area (TPSA) is 78.0 Å². The Balaban J connectivity index is 1.43. The summed E-state index contributed by atoms with van der Waals surface area (Å²) in [6.45, 7) is 1.64. The van der Waals surface area contributed by atoms with Gasteiger partial charge in [-0.1, -0.05) is 36.4 Å². The van der Waals surface area contributed by atoms with Gasteiger partial charge in [-0.25, -0.2) is 9.78 Å². The van der Waals surface area contributed by atoms with Crippen molar-refractivity contribution in [1.82, 2.24) is 4.98 Å². The lowest BCUT2D eigenvalue weighted by Crippen LogP contribution is -2.38. The van der Waals surface area contributed by atoms with Gasteiger partial charge >= 0.3 is 5.97 Å². The maximum Gasteiger partial charge on any atom is 0.339 e. The average molecular weight is 483 g/mol. The Hall–Kier alpha value is -4.39. The highest BCUT2D eigenvalue weighted by Gasteiger charge is 2.31. The molecule has 0 aliphatic carbocycles. The highest BCUT2D eigenvalue weighted by Crippen LogP contribution is 2.34. The van der Waals surface area contributed by atoms with Crippen LogP contribution < -0.4 is 14.4 Å². The first-order valence-corrected chi connectivity index (χ1v) is 11.7. The van der Waals surface area contributed by atoms with Crippen molar-refractivity contribution < 1.29 is 23.8 Å². The number of ether oxygens (including phenoxy) is 3. The second-order valence-corrected chi connectivity index (χ2v) is 8.66. The van der Waals surface area contributed by atoms with Crippen LogP contribution in [0.4, 0.5) is 5.69 Å². The van der Waals surface area contributed by atoms with E-state index in [9.17, 15) is 9.59 Å². The minimum Gasteiger partial charge on any atom is -0.493 e. The Kier molecular flexibility index (Phi) is 6.29. The summed E-state index contributed by atoms with van der Waals surface area (Å²) < 4.78 is 16.3. The van der Waals surface area contributed by atoms with Crippen LogP contribution in [0.1, 0.15) is 22.8 Å². The largest absolute Gasteiger partial charge is 0.493 e. The third-order valence-electron chi connectivity index (χ3n) is 6.42. The molecule has 1 amide bonds. The van der Waals surface area contributed by atoms with Crippen LogP contribution in [0.15, 0.2) is 72.8 Å². The number of hydrogen-bond donors (Lipinski definition) is 0. The van der Waals surface area contributed by atoms with Crippen LogP contribution in [0.2, 0.25) is 0 Å². The molecule has 0 radical (unpaired) electrons. The van der Waals surface area contributed by atoms with Crippen LogP contribution in [0, 0.1) is 0 Å². The number of anilines is 1. The Morgan fingerprint density at radius 1 is 0.944 bits per heavy atom. The zero-order chi connectivity index (χ0) is 25.2. The molecule has 182 valence electrons. The minimum atomic E-state index is -0.580. The third kappa shape index (κ3) is 4.24. The Bertz CT molecular complexity index is 1470. The van der Waals surface area contributed by atoms with Gasteiger partial charge in [-0.2, -0.15) is 0 Å². The molecule has 3 aromatic carbocycles. The van der Waals surface area contributed by atoms with E-state index < -0.39 is 5.97 Å². The number of aromatic nitrogens is 1. The molecule has 1 unspecified atom stereocenters. The first-order valence-electron chi connectivity index (χ1n) is 11.7. The van der Waals surface area contributed by atoms with E-state index in [1.807, 2.05) is 61.5 Å². The summed E-state index contributed by atoms with van der Waals surface area (Å²) >= 11 is 0. The molecule has 1 aromatic heterocycles.